The van der Waals surface area contributed by atoms with Crippen LogP contribution in [0.2, 0.25) is 0 Å². The molecule has 9 heteroatoms. The first-order valence-electron chi connectivity index (χ1n) is 7.73. The van der Waals surface area contributed by atoms with Gasteiger partial charge in [-0.2, -0.15) is 0 Å². The third-order valence-electron chi connectivity index (χ3n) is 3.52. The van der Waals surface area contributed by atoms with Crippen molar-refractivity contribution in [3.63, 3.8) is 0 Å². The van der Waals surface area contributed by atoms with Crippen LogP contribution in [0.3, 0.4) is 0 Å². The molecule has 26 heavy (non-hydrogen) atoms. The Morgan fingerprint density at radius 1 is 1.04 bits per heavy atom. The third kappa shape index (κ3) is 4.47. The fourth-order valence-electron chi connectivity index (χ4n) is 2.27. The average molecular weight is 389 g/mol. The Morgan fingerprint density at radius 3 is 2.42 bits per heavy atom. The van der Waals surface area contributed by atoms with E-state index in [2.05, 4.69) is 4.72 Å². The summed E-state index contributed by atoms with van der Waals surface area (Å²) in [6.45, 7) is 2.23. The second kappa shape index (κ2) is 8.41. The van der Waals surface area contributed by atoms with Crippen molar-refractivity contribution in [2.45, 2.75) is 18.2 Å². The van der Waals surface area contributed by atoms with E-state index in [0.29, 0.717) is 30.2 Å². The minimum Gasteiger partial charge on any atom is -0.493 e. The van der Waals surface area contributed by atoms with E-state index in [9.17, 15) is 21.6 Å². The van der Waals surface area contributed by atoms with Crippen molar-refractivity contribution in [2.24, 2.45) is 0 Å². The molecule has 0 unspecified atom stereocenters. The Labute approximate surface area is 149 Å². The number of ether oxygens (including phenoxy) is 2. The molecule has 0 heterocycles. The van der Waals surface area contributed by atoms with E-state index in [1.54, 1.807) is 18.2 Å². The van der Waals surface area contributed by atoms with Crippen LogP contribution >= 0.6 is 0 Å². The topological polar surface area (TPSA) is 64.6 Å². The number of sulfonamides is 1. The first-order chi connectivity index (χ1) is 12.3. The number of hydrogen-bond acceptors (Lipinski definition) is 4. The third-order valence-corrected chi connectivity index (χ3v) is 5.00. The quantitative estimate of drug-likeness (QED) is 0.705. The fourth-order valence-corrected chi connectivity index (χ4v) is 3.36. The van der Waals surface area contributed by atoms with Crippen LogP contribution in [0.4, 0.5) is 13.2 Å². The van der Waals surface area contributed by atoms with Gasteiger partial charge in [-0.15, -0.1) is 0 Å². The van der Waals surface area contributed by atoms with Crippen molar-refractivity contribution in [1.29, 1.82) is 0 Å². The summed E-state index contributed by atoms with van der Waals surface area (Å²) in [5, 5.41) is 0. The van der Waals surface area contributed by atoms with Gasteiger partial charge in [0.1, 0.15) is 4.90 Å². The van der Waals surface area contributed by atoms with Gasteiger partial charge in [-0.05, 0) is 43.2 Å². The van der Waals surface area contributed by atoms with Gasteiger partial charge < -0.3 is 9.47 Å². The predicted molar refractivity (Wildman–Crippen MR) is 89.4 cm³/mol. The van der Waals surface area contributed by atoms with Crippen molar-refractivity contribution < 1.29 is 31.1 Å². The van der Waals surface area contributed by atoms with Crippen LogP contribution in [-0.4, -0.2) is 28.7 Å². The summed E-state index contributed by atoms with van der Waals surface area (Å²) in [7, 11) is -2.84. The van der Waals surface area contributed by atoms with Crippen LogP contribution in [0.5, 0.6) is 11.5 Å². The second-order valence-electron chi connectivity index (χ2n) is 5.24. The Bertz CT molecular complexity index is 888. The van der Waals surface area contributed by atoms with Gasteiger partial charge in [-0.25, -0.2) is 26.3 Å². The van der Waals surface area contributed by atoms with Gasteiger partial charge in [0.2, 0.25) is 10.0 Å². The summed E-state index contributed by atoms with van der Waals surface area (Å²) < 4.78 is 76.7. The molecule has 2 aromatic rings. The Balaban J connectivity index is 2.08. The van der Waals surface area contributed by atoms with Crippen LogP contribution in [0.15, 0.2) is 35.2 Å². The lowest BCUT2D eigenvalue weighted by atomic mass is 10.1. The molecule has 0 aromatic heterocycles. The molecule has 0 bridgehead atoms. The SMILES string of the molecule is CCOc1ccc(CCNS(=O)(=O)c2ccc(F)c(F)c2F)cc1OC. The van der Waals surface area contributed by atoms with E-state index in [-0.39, 0.29) is 13.0 Å². The summed E-state index contributed by atoms with van der Waals surface area (Å²) in [6, 6.07) is 6.36. The maximum atomic E-state index is 13.7. The molecule has 0 aliphatic heterocycles. The largest absolute Gasteiger partial charge is 0.493 e. The van der Waals surface area contributed by atoms with Crippen LogP contribution in [0, 0.1) is 17.5 Å². The van der Waals surface area contributed by atoms with Crippen molar-refractivity contribution in [3.8, 4) is 11.5 Å². The number of rotatable bonds is 8. The van der Waals surface area contributed by atoms with Gasteiger partial charge in [-0.1, -0.05) is 6.07 Å². The Kier molecular flexibility index (Phi) is 6.49. The molecule has 0 radical (unpaired) electrons. The molecular formula is C17H18F3NO4S. The van der Waals surface area contributed by atoms with E-state index in [4.69, 9.17) is 9.47 Å². The summed E-state index contributed by atoms with van der Waals surface area (Å²) in [6.07, 6.45) is 0.271. The lowest BCUT2D eigenvalue weighted by molar-refractivity contribution is 0.310. The van der Waals surface area contributed by atoms with Crippen molar-refractivity contribution >= 4 is 10.0 Å². The van der Waals surface area contributed by atoms with Crippen LogP contribution in [-0.2, 0) is 16.4 Å². The minimum atomic E-state index is -4.32. The van der Waals surface area contributed by atoms with Gasteiger partial charge in [-0.3, -0.25) is 0 Å². The molecule has 2 aromatic carbocycles. The highest BCUT2D eigenvalue weighted by Crippen LogP contribution is 2.28. The van der Waals surface area contributed by atoms with Gasteiger partial charge in [0, 0.05) is 6.54 Å². The molecular weight excluding hydrogens is 371 g/mol. The zero-order valence-electron chi connectivity index (χ0n) is 14.2. The van der Waals surface area contributed by atoms with Crippen LogP contribution < -0.4 is 14.2 Å². The zero-order chi connectivity index (χ0) is 19.3. The number of methoxy groups -OCH3 is 1. The van der Waals surface area contributed by atoms with Crippen molar-refractivity contribution in [3.05, 3.63) is 53.3 Å². The standard InChI is InChI=1S/C17H18F3NO4S/c1-3-25-13-6-4-11(10-14(13)24-2)8-9-21-26(22,23)15-7-5-12(18)16(19)17(15)20/h4-7,10,21H,3,8-9H2,1-2H3. The predicted octanol–water partition coefficient (Wildman–Crippen LogP) is 3.03. The zero-order valence-corrected chi connectivity index (χ0v) is 15.0. The molecule has 0 atom stereocenters. The van der Waals surface area contributed by atoms with Crippen LogP contribution in [0.25, 0.3) is 0 Å². The maximum Gasteiger partial charge on any atom is 0.243 e. The highest BCUT2D eigenvalue weighted by molar-refractivity contribution is 7.89. The minimum absolute atomic E-state index is 0.0715. The monoisotopic (exact) mass is 389 g/mol. The molecule has 0 saturated carbocycles. The molecule has 0 saturated heterocycles. The second-order valence-corrected chi connectivity index (χ2v) is 6.97. The van der Waals surface area contributed by atoms with Gasteiger partial charge in [0.15, 0.2) is 29.0 Å². The summed E-state index contributed by atoms with van der Waals surface area (Å²) in [4.78, 5) is -0.944. The first-order valence-corrected chi connectivity index (χ1v) is 9.21. The maximum absolute atomic E-state index is 13.7. The van der Waals surface area contributed by atoms with E-state index in [0.717, 1.165) is 5.56 Å². The summed E-state index contributed by atoms with van der Waals surface area (Å²) in [5.74, 6) is -3.98. The fraction of sp³-hybridized carbons (Fsp3) is 0.294. The number of hydrogen-bond donors (Lipinski definition) is 1. The normalized spacial score (nSPS) is 11.4. The van der Waals surface area contributed by atoms with E-state index >= 15 is 0 Å². The van der Waals surface area contributed by atoms with Crippen LogP contribution in [0.1, 0.15) is 12.5 Å². The van der Waals surface area contributed by atoms with E-state index in [1.165, 1.54) is 7.11 Å². The first kappa shape index (κ1) is 20.1. The number of halogens is 3. The average Bonchev–Trinajstić information content (AvgIpc) is 2.60. The van der Waals surface area contributed by atoms with Gasteiger partial charge >= 0.3 is 0 Å². The lowest BCUT2D eigenvalue weighted by Crippen LogP contribution is -2.27. The molecule has 142 valence electrons. The Morgan fingerprint density at radius 2 is 1.77 bits per heavy atom. The number of benzene rings is 2. The van der Waals surface area contributed by atoms with E-state index < -0.39 is 32.4 Å². The molecule has 0 amide bonds. The molecule has 0 fully saturated rings. The molecule has 0 aliphatic carbocycles. The molecule has 2 rings (SSSR count). The lowest BCUT2D eigenvalue weighted by Gasteiger charge is -2.12. The molecule has 5 nitrogen and oxygen atoms in total. The van der Waals surface area contributed by atoms with E-state index in [1.807, 2.05) is 6.92 Å². The Hall–Kier alpha value is -2.26. The molecule has 1 N–H and O–H groups in total. The van der Waals surface area contributed by atoms with Crippen molar-refractivity contribution in [1.82, 2.24) is 4.72 Å². The highest BCUT2D eigenvalue weighted by Gasteiger charge is 2.23. The molecule has 0 aliphatic rings. The molecule has 0 spiro atoms. The number of nitrogens with one attached hydrogen (secondary N) is 1. The van der Waals surface area contributed by atoms with Gasteiger partial charge in [0.05, 0.1) is 13.7 Å². The highest BCUT2D eigenvalue weighted by atomic mass is 32.2. The smallest absolute Gasteiger partial charge is 0.243 e. The van der Waals surface area contributed by atoms with Crippen molar-refractivity contribution in [2.75, 3.05) is 20.3 Å². The summed E-state index contributed by atoms with van der Waals surface area (Å²) >= 11 is 0. The van der Waals surface area contributed by atoms with Gasteiger partial charge in [0.25, 0.3) is 0 Å². The summed E-state index contributed by atoms with van der Waals surface area (Å²) in [5.41, 5.74) is 0.749.